The van der Waals surface area contributed by atoms with Crippen LogP contribution >= 0.6 is 11.8 Å². The van der Waals surface area contributed by atoms with Crippen LogP contribution in [-0.2, 0) is 10.5 Å². The number of aryl methyl sites for hydroxylation is 1. The molecule has 1 aromatic heterocycles. The SMILES string of the molecule is COC(=O)c1ccc(CSc2nnc(C)c(=O)n2N)cc1. The van der Waals surface area contributed by atoms with Crippen molar-refractivity contribution in [2.75, 3.05) is 13.0 Å². The van der Waals surface area contributed by atoms with Crippen LogP contribution in [0.25, 0.3) is 0 Å². The second-order valence-corrected chi connectivity index (χ2v) is 5.16. The zero-order valence-corrected chi connectivity index (χ0v) is 12.4. The summed E-state index contributed by atoms with van der Waals surface area (Å²) in [6.45, 7) is 1.55. The third-order valence-electron chi connectivity index (χ3n) is 2.76. The van der Waals surface area contributed by atoms with E-state index in [1.54, 1.807) is 31.2 Å². The molecule has 1 aromatic carbocycles. The first-order chi connectivity index (χ1) is 10.0. The standard InChI is InChI=1S/C13H14N4O3S/c1-8-11(18)17(14)13(16-15-8)21-7-9-3-5-10(6-4-9)12(19)20-2/h3-6H,7,14H2,1-2H3. The van der Waals surface area contributed by atoms with Gasteiger partial charge in [-0.1, -0.05) is 23.9 Å². The molecule has 0 saturated heterocycles. The van der Waals surface area contributed by atoms with Gasteiger partial charge in [0.05, 0.1) is 12.7 Å². The summed E-state index contributed by atoms with van der Waals surface area (Å²) >= 11 is 1.29. The number of thioether (sulfide) groups is 1. The number of hydrogen-bond donors (Lipinski definition) is 1. The molecule has 0 atom stereocenters. The van der Waals surface area contributed by atoms with Crippen LogP contribution in [0.5, 0.6) is 0 Å². The van der Waals surface area contributed by atoms with Crippen molar-refractivity contribution >= 4 is 17.7 Å². The molecule has 0 fully saturated rings. The number of hydrogen-bond acceptors (Lipinski definition) is 7. The molecule has 0 radical (unpaired) electrons. The number of nitrogens with two attached hydrogens (primary N) is 1. The van der Waals surface area contributed by atoms with E-state index < -0.39 is 0 Å². The topological polar surface area (TPSA) is 100 Å². The number of nitrogens with zero attached hydrogens (tertiary/aromatic N) is 3. The molecule has 7 nitrogen and oxygen atoms in total. The lowest BCUT2D eigenvalue weighted by molar-refractivity contribution is 0.0600. The van der Waals surface area contributed by atoms with Crippen molar-refractivity contribution in [2.24, 2.45) is 0 Å². The van der Waals surface area contributed by atoms with Crippen LogP contribution in [0.2, 0.25) is 0 Å². The Morgan fingerprint density at radius 1 is 1.33 bits per heavy atom. The third-order valence-corrected chi connectivity index (χ3v) is 3.78. The van der Waals surface area contributed by atoms with E-state index in [1.165, 1.54) is 18.9 Å². The number of benzene rings is 1. The molecule has 2 aromatic rings. The largest absolute Gasteiger partial charge is 0.465 e. The second-order valence-electron chi connectivity index (χ2n) is 4.22. The quantitative estimate of drug-likeness (QED) is 0.505. The van der Waals surface area contributed by atoms with Gasteiger partial charge in [-0.3, -0.25) is 4.79 Å². The van der Waals surface area contributed by atoms with Crippen LogP contribution in [0.3, 0.4) is 0 Å². The fraction of sp³-hybridized carbons (Fsp3) is 0.231. The number of rotatable bonds is 4. The number of esters is 1. The monoisotopic (exact) mass is 306 g/mol. The highest BCUT2D eigenvalue weighted by molar-refractivity contribution is 7.98. The van der Waals surface area contributed by atoms with E-state index in [1.807, 2.05) is 0 Å². The molecule has 0 aliphatic carbocycles. The number of ether oxygens (including phenoxy) is 1. The molecule has 0 bridgehead atoms. The summed E-state index contributed by atoms with van der Waals surface area (Å²) in [6, 6.07) is 6.97. The summed E-state index contributed by atoms with van der Waals surface area (Å²) < 4.78 is 5.61. The normalized spacial score (nSPS) is 10.4. The highest BCUT2D eigenvalue weighted by Crippen LogP contribution is 2.19. The van der Waals surface area contributed by atoms with Gasteiger partial charge in [-0.05, 0) is 24.6 Å². The maximum Gasteiger partial charge on any atom is 0.337 e. The van der Waals surface area contributed by atoms with E-state index >= 15 is 0 Å². The Balaban J connectivity index is 2.08. The van der Waals surface area contributed by atoms with Gasteiger partial charge in [0.2, 0.25) is 5.16 Å². The minimum atomic E-state index is -0.380. The summed E-state index contributed by atoms with van der Waals surface area (Å²) in [5, 5.41) is 7.98. The first kappa shape index (κ1) is 15.0. The Bertz CT molecular complexity index is 712. The van der Waals surface area contributed by atoms with Gasteiger partial charge in [0.25, 0.3) is 5.56 Å². The van der Waals surface area contributed by atoms with Crippen molar-refractivity contribution in [3.8, 4) is 0 Å². The molecular weight excluding hydrogens is 292 g/mol. The Morgan fingerprint density at radius 3 is 2.62 bits per heavy atom. The minimum Gasteiger partial charge on any atom is -0.465 e. The fourth-order valence-electron chi connectivity index (χ4n) is 1.57. The second kappa shape index (κ2) is 6.40. The van der Waals surface area contributed by atoms with Gasteiger partial charge in [0.15, 0.2) is 0 Å². The summed E-state index contributed by atoms with van der Waals surface area (Å²) in [5.41, 5.74) is 1.33. The highest BCUT2D eigenvalue weighted by atomic mass is 32.2. The van der Waals surface area contributed by atoms with Crippen molar-refractivity contribution in [3.05, 3.63) is 51.4 Å². The third kappa shape index (κ3) is 3.40. The van der Waals surface area contributed by atoms with E-state index in [-0.39, 0.29) is 17.2 Å². The number of nitrogen functional groups attached to an aromatic ring is 1. The van der Waals surface area contributed by atoms with Crippen LogP contribution in [-0.4, -0.2) is 28.0 Å². The predicted molar refractivity (Wildman–Crippen MR) is 78.5 cm³/mol. The van der Waals surface area contributed by atoms with E-state index in [0.717, 1.165) is 10.2 Å². The number of carbonyl (C=O) groups excluding carboxylic acids is 1. The molecule has 110 valence electrons. The molecule has 0 amide bonds. The molecule has 0 saturated carbocycles. The lowest BCUT2D eigenvalue weighted by Crippen LogP contribution is -2.32. The lowest BCUT2D eigenvalue weighted by Gasteiger charge is -2.06. The minimum absolute atomic E-state index is 0.254. The Hall–Kier alpha value is -2.35. The summed E-state index contributed by atoms with van der Waals surface area (Å²) in [7, 11) is 1.34. The van der Waals surface area contributed by atoms with Gasteiger partial charge < -0.3 is 10.6 Å². The molecule has 0 unspecified atom stereocenters. The van der Waals surface area contributed by atoms with Gasteiger partial charge in [0.1, 0.15) is 5.69 Å². The van der Waals surface area contributed by atoms with Crippen LogP contribution < -0.4 is 11.4 Å². The molecule has 2 N–H and O–H groups in total. The maximum absolute atomic E-state index is 11.6. The van der Waals surface area contributed by atoms with Gasteiger partial charge >= 0.3 is 5.97 Å². The van der Waals surface area contributed by atoms with Crippen molar-refractivity contribution in [3.63, 3.8) is 0 Å². The molecular formula is C13H14N4O3S. The maximum atomic E-state index is 11.6. The first-order valence-corrected chi connectivity index (χ1v) is 7.03. The van der Waals surface area contributed by atoms with Gasteiger partial charge in [-0.2, -0.15) is 4.68 Å². The van der Waals surface area contributed by atoms with E-state index in [4.69, 9.17) is 5.84 Å². The first-order valence-electron chi connectivity index (χ1n) is 6.04. The van der Waals surface area contributed by atoms with Crippen molar-refractivity contribution < 1.29 is 9.53 Å². The smallest absolute Gasteiger partial charge is 0.337 e. The molecule has 8 heteroatoms. The number of aromatic nitrogens is 3. The molecule has 2 rings (SSSR count). The molecule has 1 heterocycles. The Morgan fingerprint density at radius 2 is 2.00 bits per heavy atom. The van der Waals surface area contributed by atoms with E-state index in [9.17, 15) is 9.59 Å². The van der Waals surface area contributed by atoms with Crippen LogP contribution in [0, 0.1) is 6.92 Å². The zero-order valence-electron chi connectivity index (χ0n) is 11.6. The fourth-order valence-corrected chi connectivity index (χ4v) is 2.38. The van der Waals surface area contributed by atoms with Crippen molar-refractivity contribution in [1.82, 2.24) is 14.9 Å². The van der Waals surface area contributed by atoms with Gasteiger partial charge in [-0.15, -0.1) is 10.2 Å². The van der Waals surface area contributed by atoms with Crippen LogP contribution in [0.1, 0.15) is 21.6 Å². The van der Waals surface area contributed by atoms with E-state index in [2.05, 4.69) is 14.9 Å². The summed E-state index contributed by atoms with van der Waals surface area (Å²) in [4.78, 5) is 22.9. The number of methoxy groups -OCH3 is 1. The Kier molecular flexibility index (Phi) is 4.59. The van der Waals surface area contributed by atoms with Crippen molar-refractivity contribution in [1.29, 1.82) is 0 Å². The van der Waals surface area contributed by atoms with Gasteiger partial charge in [-0.25, -0.2) is 4.79 Å². The van der Waals surface area contributed by atoms with Crippen LogP contribution in [0.15, 0.2) is 34.2 Å². The van der Waals surface area contributed by atoms with Crippen molar-refractivity contribution in [2.45, 2.75) is 17.8 Å². The highest BCUT2D eigenvalue weighted by Gasteiger charge is 2.08. The zero-order chi connectivity index (χ0) is 15.4. The summed E-state index contributed by atoms with van der Waals surface area (Å²) in [6.07, 6.45) is 0. The lowest BCUT2D eigenvalue weighted by atomic mass is 10.1. The molecule has 0 aliphatic rings. The van der Waals surface area contributed by atoms with Crippen LogP contribution in [0.4, 0.5) is 0 Å². The Labute approximate surface area is 125 Å². The number of carbonyl (C=O) groups is 1. The average Bonchev–Trinajstić information content (AvgIpc) is 2.52. The van der Waals surface area contributed by atoms with E-state index in [0.29, 0.717) is 16.5 Å². The molecule has 0 spiro atoms. The molecule has 0 aliphatic heterocycles. The predicted octanol–water partition coefficient (Wildman–Crippen LogP) is 0.739. The molecule has 21 heavy (non-hydrogen) atoms. The van der Waals surface area contributed by atoms with Gasteiger partial charge in [0, 0.05) is 5.75 Å². The summed E-state index contributed by atoms with van der Waals surface area (Å²) in [5.74, 6) is 5.82. The average molecular weight is 306 g/mol.